The Morgan fingerprint density at radius 1 is 1.06 bits per heavy atom. The number of carbonyl (C=O) groups is 1. The van der Waals surface area contributed by atoms with Gasteiger partial charge in [-0.25, -0.2) is 8.42 Å². The highest BCUT2D eigenvalue weighted by atomic mass is 32.2. The fourth-order valence-electron chi connectivity index (χ4n) is 3.16. The van der Waals surface area contributed by atoms with E-state index in [0.717, 1.165) is 17.8 Å². The summed E-state index contributed by atoms with van der Waals surface area (Å²) in [6, 6.07) is 9.54. The second-order valence-electron chi connectivity index (χ2n) is 7.57. The van der Waals surface area contributed by atoms with Crippen molar-refractivity contribution in [3.05, 3.63) is 82.9 Å². The number of sulfonamides is 1. The molecule has 8 nitrogen and oxygen atoms in total. The van der Waals surface area contributed by atoms with Crippen LogP contribution < -0.4 is 14.8 Å². The van der Waals surface area contributed by atoms with Crippen LogP contribution in [-0.2, 0) is 29.2 Å². The molecule has 1 amide bonds. The third-order valence-corrected chi connectivity index (χ3v) is 6.36. The van der Waals surface area contributed by atoms with Crippen molar-refractivity contribution in [3.63, 3.8) is 0 Å². The summed E-state index contributed by atoms with van der Waals surface area (Å²) in [5.74, 6) is -0.0417. The molecular weight excluding hydrogens is 485 g/mol. The normalized spacial score (nSPS) is 11.7. The van der Waals surface area contributed by atoms with Crippen molar-refractivity contribution in [2.45, 2.75) is 26.1 Å². The zero-order chi connectivity index (χ0) is 25.6. The number of halogens is 3. The number of nitrogens with one attached hydrogen (secondary N) is 2. The Kier molecular flexibility index (Phi) is 7.95. The molecular formula is C23H23F3N4O4S. The lowest BCUT2D eigenvalue weighted by Crippen LogP contribution is -2.23. The zero-order valence-corrected chi connectivity index (χ0v) is 19.7. The number of benzene rings is 1. The molecule has 0 aliphatic heterocycles. The van der Waals surface area contributed by atoms with Crippen LogP contribution in [0.3, 0.4) is 0 Å². The number of rotatable bonds is 9. The standard InChI is InChI=1S/C23H23F3N4O4S/c1-15-19(27-11-9-20(15)34-2)10-12-35(32,33)30-18-6-4-17(5-7-18)22(31)29-14-16-3-8-21(28-13-16)23(24,25)26/h3-9,11,13,30H,10,12,14H2,1-2H3,(H,29,31). The number of carbonyl (C=O) groups excluding carboxylic acids is 1. The average Bonchev–Trinajstić information content (AvgIpc) is 2.82. The van der Waals surface area contributed by atoms with Crippen molar-refractivity contribution >= 4 is 21.6 Å². The molecule has 0 unspecified atom stereocenters. The highest BCUT2D eigenvalue weighted by Crippen LogP contribution is 2.27. The van der Waals surface area contributed by atoms with Gasteiger partial charge in [-0.2, -0.15) is 13.2 Å². The van der Waals surface area contributed by atoms with Crippen molar-refractivity contribution < 1.29 is 31.1 Å². The van der Waals surface area contributed by atoms with Gasteiger partial charge in [0.05, 0.1) is 12.9 Å². The molecule has 0 fully saturated rings. The van der Waals surface area contributed by atoms with Gasteiger partial charge in [0.25, 0.3) is 5.91 Å². The highest BCUT2D eigenvalue weighted by molar-refractivity contribution is 7.92. The van der Waals surface area contributed by atoms with Crippen LogP contribution in [0.25, 0.3) is 0 Å². The number of amides is 1. The van der Waals surface area contributed by atoms with Crippen LogP contribution in [0.1, 0.15) is 32.9 Å². The summed E-state index contributed by atoms with van der Waals surface area (Å²) in [6.07, 6.45) is -1.74. The number of methoxy groups -OCH3 is 1. The molecule has 0 aliphatic carbocycles. The number of ether oxygens (including phenoxy) is 1. The SMILES string of the molecule is COc1ccnc(CCS(=O)(=O)Nc2ccc(C(=O)NCc3ccc(C(F)(F)F)nc3)cc2)c1C. The number of alkyl halides is 3. The van der Waals surface area contributed by atoms with E-state index in [4.69, 9.17) is 4.74 Å². The summed E-state index contributed by atoms with van der Waals surface area (Å²) in [5.41, 5.74) is 1.31. The molecule has 2 heterocycles. The van der Waals surface area contributed by atoms with Crippen LogP contribution in [0.15, 0.2) is 54.9 Å². The molecule has 0 radical (unpaired) electrons. The zero-order valence-electron chi connectivity index (χ0n) is 18.9. The number of pyridine rings is 2. The van der Waals surface area contributed by atoms with Crippen LogP contribution in [0, 0.1) is 6.92 Å². The number of aryl methyl sites for hydroxylation is 1. The summed E-state index contributed by atoms with van der Waals surface area (Å²) in [6.45, 7) is 1.79. The quantitative estimate of drug-likeness (QED) is 0.456. The van der Waals surface area contributed by atoms with Crippen LogP contribution in [0.4, 0.5) is 18.9 Å². The highest BCUT2D eigenvalue weighted by Gasteiger charge is 2.32. The van der Waals surface area contributed by atoms with E-state index in [1.54, 1.807) is 19.2 Å². The summed E-state index contributed by atoms with van der Waals surface area (Å²) >= 11 is 0. The van der Waals surface area contributed by atoms with Gasteiger partial charge >= 0.3 is 6.18 Å². The van der Waals surface area contributed by atoms with E-state index in [9.17, 15) is 26.4 Å². The summed E-state index contributed by atoms with van der Waals surface area (Å²) in [7, 11) is -2.15. The first kappa shape index (κ1) is 25.9. The van der Waals surface area contributed by atoms with E-state index in [1.165, 1.54) is 37.4 Å². The van der Waals surface area contributed by atoms with Gasteiger partial charge in [0.2, 0.25) is 10.0 Å². The number of hydrogen-bond acceptors (Lipinski definition) is 6. The molecule has 3 aromatic rings. The molecule has 3 rings (SSSR count). The Morgan fingerprint density at radius 3 is 2.37 bits per heavy atom. The largest absolute Gasteiger partial charge is 0.496 e. The second kappa shape index (κ2) is 10.7. The molecule has 0 atom stereocenters. The van der Waals surface area contributed by atoms with E-state index < -0.39 is 27.8 Å². The van der Waals surface area contributed by atoms with Gasteiger partial charge in [-0.05, 0) is 48.9 Å². The third kappa shape index (κ3) is 7.15. The molecule has 0 spiro atoms. The van der Waals surface area contributed by atoms with Crippen molar-refractivity contribution in [2.24, 2.45) is 0 Å². The molecule has 2 aromatic heterocycles. The molecule has 35 heavy (non-hydrogen) atoms. The van der Waals surface area contributed by atoms with Crippen LogP contribution in [0.2, 0.25) is 0 Å². The molecule has 1 aromatic carbocycles. The van der Waals surface area contributed by atoms with Gasteiger partial charge in [0.1, 0.15) is 11.4 Å². The molecule has 0 saturated heterocycles. The Bertz CT molecular complexity index is 1280. The van der Waals surface area contributed by atoms with Crippen molar-refractivity contribution in [3.8, 4) is 5.75 Å². The predicted molar refractivity (Wildman–Crippen MR) is 123 cm³/mol. The average molecular weight is 509 g/mol. The lowest BCUT2D eigenvalue weighted by atomic mass is 10.1. The van der Waals surface area contributed by atoms with Crippen molar-refractivity contribution in [1.82, 2.24) is 15.3 Å². The van der Waals surface area contributed by atoms with E-state index >= 15 is 0 Å². The maximum atomic E-state index is 12.6. The van der Waals surface area contributed by atoms with E-state index in [2.05, 4.69) is 20.0 Å². The van der Waals surface area contributed by atoms with Gasteiger partial charge in [-0.1, -0.05) is 6.07 Å². The van der Waals surface area contributed by atoms with Crippen molar-refractivity contribution in [2.75, 3.05) is 17.6 Å². The maximum Gasteiger partial charge on any atom is 0.433 e. The van der Waals surface area contributed by atoms with Gasteiger partial charge in [-0.15, -0.1) is 0 Å². The van der Waals surface area contributed by atoms with Crippen LogP contribution >= 0.6 is 0 Å². The Labute approximate surface area is 200 Å². The molecule has 186 valence electrons. The van der Waals surface area contributed by atoms with Crippen molar-refractivity contribution in [1.29, 1.82) is 0 Å². The Hall–Kier alpha value is -3.67. The minimum Gasteiger partial charge on any atom is -0.496 e. The second-order valence-corrected chi connectivity index (χ2v) is 9.41. The minimum atomic E-state index is -4.53. The summed E-state index contributed by atoms with van der Waals surface area (Å²) in [4.78, 5) is 19.9. The number of nitrogens with zero attached hydrogens (tertiary/aromatic N) is 2. The Balaban J connectivity index is 1.54. The lowest BCUT2D eigenvalue weighted by Gasteiger charge is -2.11. The third-order valence-electron chi connectivity index (χ3n) is 5.07. The van der Waals surface area contributed by atoms with E-state index in [0.29, 0.717) is 17.0 Å². The van der Waals surface area contributed by atoms with E-state index in [-0.39, 0.29) is 30.0 Å². The number of aromatic nitrogens is 2. The van der Waals surface area contributed by atoms with Gasteiger partial charge < -0.3 is 10.1 Å². The van der Waals surface area contributed by atoms with Gasteiger partial charge in [0.15, 0.2) is 0 Å². The molecule has 0 aliphatic rings. The number of anilines is 1. The first-order valence-electron chi connectivity index (χ1n) is 10.4. The Morgan fingerprint density at radius 2 is 1.77 bits per heavy atom. The van der Waals surface area contributed by atoms with E-state index in [1.807, 2.05) is 0 Å². The lowest BCUT2D eigenvalue weighted by molar-refractivity contribution is -0.141. The van der Waals surface area contributed by atoms with Crippen LogP contribution in [-0.4, -0.2) is 37.2 Å². The fraction of sp³-hybridized carbons (Fsp3) is 0.261. The molecule has 0 bridgehead atoms. The smallest absolute Gasteiger partial charge is 0.433 e. The maximum absolute atomic E-state index is 12.6. The monoisotopic (exact) mass is 508 g/mol. The van der Waals surface area contributed by atoms with Gasteiger partial charge in [0, 0.05) is 47.9 Å². The minimum absolute atomic E-state index is 0.0178. The summed E-state index contributed by atoms with van der Waals surface area (Å²) < 4.78 is 70.4. The molecule has 0 saturated carbocycles. The topological polar surface area (TPSA) is 110 Å². The van der Waals surface area contributed by atoms with Crippen LogP contribution in [0.5, 0.6) is 5.75 Å². The predicted octanol–water partition coefficient (Wildman–Crippen LogP) is 3.73. The molecule has 2 N–H and O–H groups in total. The fourth-order valence-corrected chi connectivity index (χ4v) is 4.22. The molecule has 12 heteroatoms. The first-order chi connectivity index (χ1) is 16.5. The summed E-state index contributed by atoms with van der Waals surface area (Å²) in [5, 5.41) is 2.58. The first-order valence-corrected chi connectivity index (χ1v) is 12.0. The number of hydrogen-bond donors (Lipinski definition) is 2. The van der Waals surface area contributed by atoms with Gasteiger partial charge in [-0.3, -0.25) is 19.5 Å².